The van der Waals surface area contributed by atoms with Gasteiger partial charge in [-0.25, -0.2) is 4.39 Å². The number of hydrogen-bond donors (Lipinski definition) is 1. The van der Waals surface area contributed by atoms with Crippen LogP contribution in [0.2, 0.25) is 0 Å². The summed E-state index contributed by atoms with van der Waals surface area (Å²) in [5, 5.41) is 10.2. The van der Waals surface area contributed by atoms with E-state index in [4.69, 9.17) is 4.74 Å². The summed E-state index contributed by atoms with van der Waals surface area (Å²) in [5.41, 5.74) is 1.51. The number of aliphatic hydroxyl groups excluding tert-OH is 1. The smallest absolute Gasteiger partial charge is 0.127 e. The maximum Gasteiger partial charge on any atom is 0.127 e. The zero-order valence-electron chi connectivity index (χ0n) is 10.0. The Morgan fingerprint density at radius 2 is 2.05 bits per heavy atom. The van der Waals surface area contributed by atoms with E-state index in [0.29, 0.717) is 12.2 Å². The Morgan fingerprint density at radius 3 is 2.84 bits per heavy atom. The van der Waals surface area contributed by atoms with Crippen molar-refractivity contribution in [3.8, 4) is 5.75 Å². The maximum atomic E-state index is 13.3. The first kappa shape index (κ1) is 12.6. The zero-order chi connectivity index (χ0) is 13.4. The van der Waals surface area contributed by atoms with Gasteiger partial charge in [0.25, 0.3) is 0 Å². The van der Waals surface area contributed by atoms with Crippen LogP contribution in [-0.4, -0.2) is 5.11 Å². The van der Waals surface area contributed by atoms with Gasteiger partial charge >= 0.3 is 0 Å². The third-order valence-electron chi connectivity index (χ3n) is 3.26. The number of aliphatic hydroxyl groups is 1. The van der Waals surface area contributed by atoms with E-state index in [-0.39, 0.29) is 11.9 Å². The topological polar surface area (TPSA) is 29.5 Å². The molecule has 0 aromatic heterocycles. The van der Waals surface area contributed by atoms with E-state index < -0.39 is 6.10 Å². The number of halogens is 2. The van der Waals surface area contributed by atoms with E-state index in [1.165, 1.54) is 12.1 Å². The van der Waals surface area contributed by atoms with Crippen LogP contribution in [0.5, 0.6) is 5.75 Å². The number of benzene rings is 2. The molecule has 0 bridgehead atoms. The van der Waals surface area contributed by atoms with Crippen molar-refractivity contribution in [3.05, 3.63) is 63.9 Å². The van der Waals surface area contributed by atoms with Gasteiger partial charge in [-0.15, -0.1) is 0 Å². The van der Waals surface area contributed by atoms with Crippen molar-refractivity contribution in [2.24, 2.45) is 0 Å². The van der Waals surface area contributed by atoms with Gasteiger partial charge in [-0.3, -0.25) is 0 Å². The third-order valence-corrected chi connectivity index (χ3v) is 3.75. The van der Waals surface area contributed by atoms with Gasteiger partial charge in [0.15, 0.2) is 0 Å². The van der Waals surface area contributed by atoms with E-state index in [1.807, 2.05) is 24.3 Å². The van der Waals surface area contributed by atoms with Crippen molar-refractivity contribution in [2.75, 3.05) is 0 Å². The molecule has 4 heteroatoms. The molecular formula is C15H12BrFO2. The summed E-state index contributed by atoms with van der Waals surface area (Å²) < 4.78 is 20.0. The number of hydrogen-bond acceptors (Lipinski definition) is 2. The van der Waals surface area contributed by atoms with Gasteiger partial charge in [-0.05, 0) is 29.8 Å². The van der Waals surface area contributed by atoms with Crippen molar-refractivity contribution in [3.63, 3.8) is 0 Å². The lowest BCUT2D eigenvalue weighted by Crippen LogP contribution is -2.19. The van der Waals surface area contributed by atoms with E-state index in [9.17, 15) is 9.50 Å². The number of rotatable bonds is 1. The third kappa shape index (κ3) is 2.51. The van der Waals surface area contributed by atoms with Crippen LogP contribution < -0.4 is 4.74 Å². The molecule has 3 rings (SSSR count). The molecule has 1 heterocycles. The van der Waals surface area contributed by atoms with Crippen molar-refractivity contribution >= 4 is 15.9 Å². The molecule has 2 aromatic rings. The molecule has 2 atom stereocenters. The van der Waals surface area contributed by atoms with Gasteiger partial charge in [0.2, 0.25) is 0 Å². The molecule has 1 aliphatic heterocycles. The molecule has 1 aliphatic rings. The predicted octanol–water partition coefficient (Wildman–Crippen LogP) is 4.15. The molecule has 0 saturated heterocycles. The fourth-order valence-corrected chi connectivity index (χ4v) is 2.67. The van der Waals surface area contributed by atoms with Gasteiger partial charge in [-0.2, -0.15) is 0 Å². The van der Waals surface area contributed by atoms with Crippen molar-refractivity contribution in [2.45, 2.75) is 18.6 Å². The Hall–Kier alpha value is -1.39. The van der Waals surface area contributed by atoms with Crippen molar-refractivity contribution in [1.82, 2.24) is 0 Å². The van der Waals surface area contributed by atoms with E-state index in [1.54, 1.807) is 6.07 Å². The highest BCUT2D eigenvalue weighted by Gasteiger charge is 2.28. The number of fused-ring (bicyclic) bond motifs is 1. The highest BCUT2D eigenvalue weighted by molar-refractivity contribution is 9.10. The lowest BCUT2D eigenvalue weighted by Gasteiger charge is -2.30. The van der Waals surface area contributed by atoms with Crippen LogP contribution in [0.25, 0.3) is 0 Å². The molecule has 1 unspecified atom stereocenters. The summed E-state index contributed by atoms with van der Waals surface area (Å²) in [6, 6.07) is 11.8. The molecule has 2 aromatic carbocycles. The van der Waals surface area contributed by atoms with Crippen LogP contribution in [0.15, 0.2) is 46.9 Å². The van der Waals surface area contributed by atoms with Gasteiger partial charge in [-0.1, -0.05) is 34.1 Å². The molecule has 0 spiro atoms. The Kier molecular flexibility index (Phi) is 3.29. The van der Waals surface area contributed by atoms with E-state index in [2.05, 4.69) is 15.9 Å². The van der Waals surface area contributed by atoms with Gasteiger partial charge < -0.3 is 9.84 Å². The molecule has 0 aliphatic carbocycles. The van der Waals surface area contributed by atoms with E-state index >= 15 is 0 Å². The van der Waals surface area contributed by atoms with E-state index in [0.717, 1.165) is 15.6 Å². The van der Waals surface area contributed by atoms with Crippen molar-refractivity contribution < 1.29 is 14.2 Å². The Balaban J connectivity index is 1.96. The standard InChI is InChI=1S/C15H12BrFO2/c16-10-4-5-12-13(18)8-14(19-15(12)7-10)9-2-1-3-11(17)6-9/h1-7,13-14,18H,8H2/t13-,14?/m0/s1. The summed E-state index contributed by atoms with van der Waals surface area (Å²) >= 11 is 3.38. The highest BCUT2D eigenvalue weighted by atomic mass is 79.9. The summed E-state index contributed by atoms with van der Waals surface area (Å²) in [7, 11) is 0. The Morgan fingerprint density at radius 1 is 1.21 bits per heavy atom. The average molecular weight is 323 g/mol. The van der Waals surface area contributed by atoms with Gasteiger partial charge in [0, 0.05) is 16.5 Å². The first-order chi connectivity index (χ1) is 9.13. The monoisotopic (exact) mass is 322 g/mol. The van der Waals surface area contributed by atoms with Crippen LogP contribution in [-0.2, 0) is 0 Å². The molecule has 0 radical (unpaired) electrons. The normalized spacial score (nSPS) is 21.6. The molecule has 19 heavy (non-hydrogen) atoms. The summed E-state index contributed by atoms with van der Waals surface area (Å²) in [6.07, 6.45) is -0.490. The molecule has 2 nitrogen and oxygen atoms in total. The minimum atomic E-state index is -0.592. The van der Waals surface area contributed by atoms with Crippen molar-refractivity contribution in [1.29, 1.82) is 0 Å². The first-order valence-corrected chi connectivity index (χ1v) is 6.82. The van der Waals surface area contributed by atoms with Crippen LogP contribution in [0.4, 0.5) is 4.39 Å². The van der Waals surface area contributed by atoms with Crippen LogP contribution in [0.1, 0.15) is 29.8 Å². The number of ether oxygens (including phenoxy) is 1. The second kappa shape index (κ2) is 4.94. The second-order valence-corrected chi connectivity index (χ2v) is 5.51. The lowest BCUT2D eigenvalue weighted by atomic mass is 9.95. The fraction of sp³-hybridized carbons (Fsp3) is 0.200. The maximum absolute atomic E-state index is 13.3. The first-order valence-electron chi connectivity index (χ1n) is 6.03. The zero-order valence-corrected chi connectivity index (χ0v) is 11.6. The molecule has 0 amide bonds. The fourth-order valence-electron chi connectivity index (χ4n) is 2.33. The predicted molar refractivity (Wildman–Crippen MR) is 73.5 cm³/mol. The quantitative estimate of drug-likeness (QED) is 0.854. The summed E-state index contributed by atoms with van der Waals surface area (Å²) in [5.74, 6) is 0.345. The van der Waals surface area contributed by atoms with Gasteiger partial charge in [0.1, 0.15) is 17.7 Å². The summed E-state index contributed by atoms with van der Waals surface area (Å²) in [6.45, 7) is 0. The van der Waals surface area contributed by atoms with Crippen LogP contribution in [0, 0.1) is 5.82 Å². The summed E-state index contributed by atoms with van der Waals surface area (Å²) in [4.78, 5) is 0. The Bertz CT molecular complexity index is 615. The molecule has 98 valence electrons. The average Bonchev–Trinajstić information content (AvgIpc) is 2.38. The lowest BCUT2D eigenvalue weighted by molar-refractivity contribution is 0.0655. The van der Waals surface area contributed by atoms with Crippen LogP contribution in [0.3, 0.4) is 0 Å². The molecular weight excluding hydrogens is 311 g/mol. The second-order valence-electron chi connectivity index (χ2n) is 4.60. The largest absolute Gasteiger partial charge is 0.485 e. The highest BCUT2D eigenvalue weighted by Crippen LogP contribution is 2.41. The minimum absolute atomic E-state index is 0.296. The SMILES string of the molecule is O[C@H]1CC(c2cccc(F)c2)Oc2cc(Br)ccc21. The van der Waals surface area contributed by atoms with Gasteiger partial charge in [0.05, 0.1) is 6.10 Å². The Labute approximate surface area is 119 Å². The molecule has 0 fully saturated rings. The minimum Gasteiger partial charge on any atom is -0.485 e. The molecule has 0 saturated carbocycles. The molecule has 1 N–H and O–H groups in total. The van der Waals surface area contributed by atoms with Crippen LogP contribution >= 0.6 is 15.9 Å².